The third kappa shape index (κ3) is 4.86. The van der Waals surface area contributed by atoms with Crippen molar-refractivity contribution in [3.8, 4) is 5.75 Å². The normalized spacial score (nSPS) is 10.6. The van der Waals surface area contributed by atoms with E-state index in [9.17, 15) is 9.59 Å². The molecule has 114 valence electrons. The van der Waals surface area contributed by atoms with E-state index in [0.29, 0.717) is 17.9 Å². The summed E-state index contributed by atoms with van der Waals surface area (Å²) in [5, 5.41) is 6.36. The summed E-state index contributed by atoms with van der Waals surface area (Å²) in [5.41, 5.74) is 1.59. The molecule has 0 saturated heterocycles. The molecule has 1 N–H and O–H groups in total. The predicted octanol–water partition coefficient (Wildman–Crippen LogP) is 3.16. The van der Waals surface area contributed by atoms with Gasteiger partial charge in [-0.25, -0.2) is 0 Å². The number of hydrogen-bond acceptors (Lipinski definition) is 4. The molecule has 0 unspecified atom stereocenters. The van der Waals surface area contributed by atoms with Gasteiger partial charge in [0.2, 0.25) is 0 Å². The van der Waals surface area contributed by atoms with Gasteiger partial charge in [0.25, 0.3) is 5.91 Å². The molecule has 2 rings (SSSR count). The van der Waals surface area contributed by atoms with Crippen LogP contribution in [0.2, 0.25) is 0 Å². The summed E-state index contributed by atoms with van der Waals surface area (Å²) in [6.45, 7) is 2.44. The minimum Gasteiger partial charge on any atom is -0.484 e. The molecule has 1 aromatic carbocycles. The average molecular weight is 315 g/mol. The molecule has 5 heteroatoms. The van der Waals surface area contributed by atoms with Crippen molar-refractivity contribution in [2.75, 3.05) is 13.2 Å². The summed E-state index contributed by atoms with van der Waals surface area (Å²) in [7, 11) is 0. The Labute approximate surface area is 133 Å². The van der Waals surface area contributed by atoms with Crippen LogP contribution in [0.1, 0.15) is 22.8 Å². The van der Waals surface area contributed by atoms with Crippen LogP contribution in [-0.2, 0) is 4.79 Å². The third-order valence-corrected chi connectivity index (χ3v) is 3.54. The van der Waals surface area contributed by atoms with Crippen molar-refractivity contribution in [3.05, 3.63) is 58.3 Å². The summed E-state index contributed by atoms with van der Waals surface area (Å²) in [6.07, 6.45) is 3.31. The topological polar surface area (TPSA) is 55.4 Å². The van der Waals surface area contributed by atoms with Crippen LogP contribution < -0.4 is 10.1 Å². The molecule has 1 aromatic heterocycles. The lowest BCUT2D eigenvalue weighted by Gasteiger charge is -2.06. The largest absolute Gasteiger partial charge is 0.484 e. The van der Waals surface area contributed by atoms with Gasteiger partial charge in [-0.1, -0.05) is 18.2 Å². The van der Waals surface area contributed by atoms with E-state index >= 15 is 0 Å². The summed E-state index contributed by atoms with van der Waals surface area (Å²) < 4.78 is 5.36. The molecule has 1 amide bonds. The molecule has 0 aliphatic heterocycles. The molecule has 22 heavy (non-hydrogen) atoms. The molecular weight excluding hydrogens is 298 g/mol. The van der Waals surface area contributed by atoms with Gasteiger partial charge in [-0.05, 0) is 42.1 Å². The van der Waals surface area contributed by atoms with Crippen molar-refractivity contribution in [2.45, 2.75) is 6.92 Å². The summed E-state index contributed by atoms with van der Waals surface area (Å²) in [4.78, 5) is 23.1. The Morgan fingerprint density at radius 3 is 2.64 bits per heavy atom. The SMILES string of the molecule is CCNC(=O)COc1ccc(C=CC(=O)c2ccsc2)cc1. The van der Waals surface area contributed by atoms with Crippen molar-refractivity contribution in [1.29, 1.82) is 0 Å². The number of benzene rings is 1. The highest BCUT2D eigenvalue weighted by molar-refractivity contribution is 7.08. The van der Waals surface area contributed by atoms with Crippen molar-refractivity contribution in [2.24, 2.45) is 0 Å². The van der Waals surface area contributed by atoms with Gasteiger partial charge < -0.3 is 10.1 Å². The van der Waals surface area contributed by atoms with Crippen molar-refractivity contribution in [3.63, 3.8) is 0 Å². The number of allylic oxidation sites excluding steroid dienone is 1. The van der Waals surface area contributed by atoms with Gasteiger partial charge in [-0.3, -0.25) is 9.59 Å². The molecule has 0 saturated carbocycles. The molecule has 0 spiro atoms. The van der Waals surface area contributed by atoms with Crippen LogP contribution in [0.4, 0.5) is 0 Å². The first-order chi connectivity index (χ1) is 10.7. The Morgan fingerprint density at radius 2 is 2.00 bits per heavy atom. The Hall–Kier alpha value is -2.40. The minimum atomic E-state index is -0.146. The molecule has 0 atom stereocenters. The van der Waals surface area contributed by atoms with E-state index in [2.05, 4.69) is 5.32 Å². The molecule has 2 aromatic rings. The number of carbonyl (C=O) groups is 2. The molecule has 1 heterocycles. The zero-order valence-corrected chi connectivity index (χ0v) is 13.1. The second-order valence-electron chi connectivity index (χ2n) is 4.52. The first-order valence-corrected chi connectivity index (χ1v) is 7.87. The fourth-order valence-electron chi connectivity index (χ4n) is 1.75. The van der Waals surface area contributed by atoms with Crippen molar-refractivity contribution in [1.82, 2.24) is 5.32 Å². The molecule has 4 nitrogen and oxygen atoms in total. The average Bonchev–Trinajstić information content (AvgIpc) is 3.06. The van der Waals surface area contributed by atoms with E-state index in [-0.39, 0.29) is 18.3 Å². The van der Waals surface area contributed by atoms with Gasteiger partial charge in [-0.15, -0.1) is 0 Å². The quantitative estimate of drug-likeness (QED) is 0.631. The summed E-state index contributed by atoms with van der Waals surface area (Å²) in [6, 6.07) is 9.02. The number of amides is 1. The molecule has 0 bridgehead atoms. The van der Waals surface area contributed by atoms with Crippen LogP contribution in [0.15, 0.2) is 47.2 Å². The highest BCUT2D eigenvalue weighted by atomic mass is 32.1. The summed E-state index contributed by atoms with van der Waals surface area (Å²) in [5.74, 6) is 0.457. The highest BCUT2D eigenvalue weighted by Crippen LogP contribution is 2.14. The third-order valence-electron chi connectivity index (χ3n) is 2.86. The van der Waals surface area contributed by atoms with Crippen molar-refractivity contribution < 1.29 is 14.3 Å². The molecule has 0 fully saturated rings. The van der Waals surface area contributed by atoms with Crippen LogP contribution in [0.5, 0.6) is 5.75 Å². The van der Waals surface area contributed by atoms with Gasteiger partial charge in [0, 0.05) is 17.5 Å². The number of ketones is 1. The molecule has 0 aliphatic rings. The number of likely N-dealkylation sites (N-methyl/N-ethyl adjacent to an activating group) is 1. The second-order valence-corrected chi connectivity index (χ2v) is 5.30. The first-order valence-electron chi connectivity index (χ1n) is 6.93. The maximum Gasteiger partial charge on any atom is 0.257 e. The maximum atomic E-state index is 11.8. The van der Waals surface area contributed by atoms with E-state index < -0.39 is 0 Å². The van der Waals surface area contributed by atoms with Crippen LogP contribution in [0.25, 0.3) is 6.08 Å². The molecule has 0 radical (unpaired) electrons. The van der Waals surface area contributed by atoms with Gasteiger partial charge in [0.05, 0.1) is 0 Å². The number of nitrogens with one attached hydrogen (secondary N) is 1. The zero-order valence-electron chi connectivity index (χ0n) is 12.2. The predicted molar refractivity (Wildman–Crippen MR) is 88.3 cm³/mol. The Bertz CT molecular complexity index is 645. The number of thiophene rings is 1. The van der Waals surface area contributed by atoms with E-state index in [4.69, 9.17) is 4.74 Å². The lowest BCUT2D eigenvalue weighted by molar-refractivity contribution is -0.122. The van der Waals surface area contributed by atoms with Crippen LogP contribution >= 0.6 is 11.3 Å². The fourth-order valence-corrected chi connectivity index (χ4v) is 2.39. The second kappa shape index (κ2) is 8.14. The lowest BCUT2D eigenvalue weighted by Crippen LogP contribution is -2.28. The van der Waals surface area contributed by atoms with Gasteiger partial charge in [0.15, 0.2) is 12.4 Å². The number of rotatable bonds is 7. The van der Waals surface area contributed by atoms with E-state index in [0.717, 1.165) is 5.56 Å². The van der Waals surface area contributed by atoms with Gasteiger partial charge in [0.1, 0.15) is 5.75 Å². The first kappa shape index (κ1) is 16.0. The number of ether oxygens (including phenoxy) is 1. The Balaban J connectivity index is 1.89. The van der Waals surface area contributed by atoms with Gasteiger partial charge in [-0.2, -0.15) is 11.3 Å². The van der Waals surface area contributed by atoms with Gasteiger partial charge >= 0.3 is 0 Å². The van der Waals surface area contributed by atoms with Crippen molar-refractivity contribution >= 4 is 29.1 Å². The number of hydrogen-bond donors (Lipinski definition) is 1. The zero-order chi connectivity index (χ0) is 15.8. The monoisotopic (exact) mass is 315 g/mol. The smallest absolute Gasteiger partial charge is 0.257 e. The Kier molecular flexibility index (Phi) is 5.91. The van der Waals surface area contributed by atoms with Crippen LogP contribution in [0, 0.1) is 0 Å². The minimum absolute atomic E-state index is 0.000329. The van der Waals surface area contributed by atoms with E-state index in [1.165, 1.54) is 11.3 Å². The van der Waals surface area contributed by atoms with E-state index in [1.807, 2.05) is 29.8 Å². The fraction of sp³-hybridized carbons (Fsp3) is 0.176. The summed E-state index contributed by atoms with van der Waals surface area (Å²) >= 11 is 1.50. The van der Waals surface area contributed by atoms with Crippen LogP contribution in [-0.4, -0.2) is 24.8 Å². The maximum absolute atomic E-state index is 11.8. The van der Waals surface area contributed by atoms with Crippen LogP contribution in [0.3, 0.4) is 0 Å². The lowest BCUT2D eigenvalue weighted by atomic mass is 10.1. The number of carbonyl (C=O) groups excluding carboxylic acids is 2. The highest BCUT2D eigenvalue weighted by Gasteiger charge is 2.02. The molecular formula is C17H17NO3S. The standard InChI is InChI=1S/C17H17NO3S/c1-2-18-17(20)11-21-15-6-3-13(4-7-15)5-8-16(19)14-9-10-22-12-14/h3-10,12H,2,11H2,1H3,(H,18,20). The van der Waals surface area contributed by atoms with E-state index in [1.54, 1.807) is 30.4 Å². The Morgan fingerprint density at radius 1 is 1.23 bits per heavy atom. The molecule has 0 aliphatic carbocycles.